The van der Waals surface area contributed by atoms with Crippen molar-refractivity contribution in [3.05, 3.63) is 47.2 Å². The maximum atomic E-state index is 14.3. The van der Waals surface area contributed by atoms with Gasteiger partial charge in [0.25, 0.3) is 9.84 Å². The van der Waals surface area contributed by atoms with Crippen LogP contribution in [0.5, 0.6) is 5.75 Å². The molecule has 0 radical (unpaired) electrons. The summed E-state index contributed by atoms with van der Waals surface area (Å²) in [7, 11) is -5.33. The molecule has 0 aliphatic carbocycles. The number of rotatable bonds is 3. The van der Waals surface area contributed by atoms with Crippen molar-refractivity contribution in [3.8, 4) is 5.75 Å². The maximum Gasteiger partial charge on any atom is 0.391 e. The second kappa shape index (κ2) is 5.12. The molecule has 0 bridgehead atoms. The molecule has 3 N–H and O–H groups in total. The Bertz CT molecular complexity index is 783. The van der Waals surface area contributed by atoms with Gasteiger partial charge in [-0.15, -0.1) is 0 Å². The van der Waals surface area contributed by atoms with Crippen molar-refractivity contribution in [2.75, 3.05) is 5.73 Å². The van der Waals surface area contributed by atoms with Crippen LogP contribution >= 0.6 is 11.6 Å². The molecule has 0 unspecified atom stereocenters. The zero-order chi connectivity index (χ0) is 15.8. The van der Waals surface area contributed by atoms with E-state index in [4.69, 9.17) is 17.3 Å². The van der Waals surface area contributed by atoms with E-state index in [0.717, 1.165) is 24.4 Å². The van der Waals surface area contributed by atoms with Crippen LogP contribution in [0.3, 0.4) is 0 Å². The zero-order valence-corrected chi connectivity index (χ0v) is 11.9. The highest BCUT2D eigenvalue weighted by molar-refractivity contribution is 7.92. The predicted molar refractivity (Wildman–Crippen MR) is 72.8 cm³/mol. The molecule has 2 aromatic rings. The lowest BCUT2D eigenvalue weighted by atomic mass is 10.3. The number of pyridine rings is 1. The first-order chi connectivity index (χ1) is 9.69. The Morgan fingerprint density at radius 2 is 1.90 bits per heavy atom. The summed E-state index contributed by atoms with van der Waals surface area (Å²) < 4.78 is 52.8. The standard InChI is InChI=1S/C12H9ClF2N2O3S/c13-7-4-5-8(16)10(18)11(7)21(19,20)12(14,15)9-3-1-2-6-17-9/h1-6,18H,16H2. The van der Waals surface area contributed by atoms with Crippen molar-refractivity contribution in [3.63, 3.8) is 0 Å². The molecule has 0 aliphatic rings. The number of benzene rings is 1. The fraction of sp³-hybridized carbons (Fsp3) is 0.0833. The van der Waals surface area contributed by atoms with E-state index in [9.17, 15) is 22.3 Å². The SMILES string of the molecule is Nc1ccc(Cl)c(S(=O)(=O)C(F)(F)c2ccccn2)c1O. The van der Waals surface area contributed by atoms with Crippen molar-refractivity contribution in [2.24, 2.45) is 0 Å². The number of phenolic OH excluding ortho intramolecular Hbond substituents is 1. The number of nitrogen functional groups attached to an aromatic ring is 1. The molecule has 1 aromatic carbocycles. The van der Waals surface area contributed by atoms with Gasteiger partial charge in [-0.1, -0.05) is 17.7 Å². The number of aromatic hydroxyl groups is 1. The molecule has 1 heterocycles. The first-order valence-corrected chi connectivity index (χ1v) is 7.36. The fourth-order valence-electron chi connectivity index (χ4n) is 1.62. The normalized spacial score (nSPS) is 12.3. The van der Waals surface area contributed by atoms with E-state index >= 15 is 0 Å². The summed E-state index contributed by atoms with van der Waals surface area (Å²) in [6.45, 7) is 0. The fourth-order valence-corrected chi connectivity index (χ4v) is 3.42. The van der Waals surface area contributed by atoms with Crippen LogP contribution in [0.2, 0.25) is 5.02 Å². The van der Waals surface area contributed by atoms with Gasteiger partial charge in [0.2, 0.25) is 0 Å². The number of aromatic nitrogens is 1. The number of anilines is 1. The van der Waals surface area contributed by atoms with Crippen molar-refractivity contribution in [2.45, 2.75) is 10.2 Å². The average Bonchev–Trinajstić information content (AvgIpc) is 2.44. The molecule has 0 amide bonds. The predicted octanol–water partition coefficient (Wildman–Crippen LogP) is 2.55. The number of hydrogen-bond donors (Lipinski definition) is 2. The number of alkyl halides is 2. The van der Waals surface area contributed by atoms with Gasteiger partial charge in [0.05, 0.1) is 10.7 Å². The van der Waals surface area contributed by atoms with Gasteiger partial charge in [-0.2, -0.15) is 8.78 Å². The molecule has 0 saturated heterocycles. The summed E-state index contributed by atoms with van der Waals surface area (Å²) in [5, 5.41) is 4.75. The molecule has 0 fully saturated rings. The van der Waals surface area contributed by atoms with Crippen LogP contribution in [0.15, 0.2) is 41.4 Å². The van der Waals surface area contributed by atoms with Gasteiger partial charge >= 0.3 is 5.25 Å². The largest absolute Gasteiger partial charge is 0.504 e. The second-order valence-corrected chi connectivity index (χ2v) is 6.38. The highest BCUT2D eigenvalue weighted by atomic mass is 35.5. The van der Waals surface area contributed by atoms with Crippen LogP contribution in [-0.2, 0) is 15.1 Å². The number of sulfone groups is 1. The Kier molecular flexibility index (Phi) is 3.77. The summed E-state index contributed by atoms with van der Waals surface area (Å²) in [4.78, 5) is 2.21. The van der Waals surface area contributed by atoms with Crippen molar-refractivity contribution in [1.29, 1.82) is 0 Å². The van der Waals surface area contributed by atoms with Gasteiger partial charge in [0, 0.05) is 6.20 Å². The molecule has 2 rings (SSSR count). The van der Waals surface area contributed by atoms with Gasteiger partial charge in [-0.3, -0.25) is 4.98 Å². The average molecular weight is 335 g/mol. The first kappa shape index (κ1) is 15.5. The summed E-state index contributed by atoms with van der Waals surface area (Å²) in [6.07, 6.45) is 1.03. The number of hydrogen-bond acceptors (Lipinski definition) is 5. The van der Waals surface area contributed by atoms with E-state index in [0.29, 0.717) is 0 Å². The van der Waals surface area contributed by atoms with Crippen LogP contribution in [0.25, 0.3) is 0 Å². The van der Waals surface area contributed by atoms with E-state index < -0.39 is 36.5 Å². The quantitative estimate of drug-likeness (QED) is 0.664. The molecule has 5 nitrogen and oxygen atoms in total. The van der Waals surface area contributed by atoms with E-state index in [1.807, 2.05) is 0 Å². The molecule has 0 atom stereocenters. The van der Waals surface area contributed by atoms with E-state index in [2.05, 4.69) is 4.98 Å². The smallest absolute Gasteiger partial charge is 0.391 e. The van der Waals surface area contributed by atoms with Crippen LogP contribution in [0, 0.1) is 0 Å². The molecule has 0 aliphatic heterocycles. The number of phenols is 1. The van der Waals surface area contributed by atoms with Crippen LogP contribution < -0.4 is 5.73 Å². The lowest BCUT2D eigenvalue weighted by Crippen LogP contribution is -2.28. The Balaban J connectivity index is 2.71. The lowest BCUT2D eigenvalue weighted by Gasteiger charge is -2.18. The summed E-state index contributed by atoms with van der Waals surface area (Å²) in [5.41, 5.74) is 3.97. The number of halogens is 3. The lowest BCUT2D eigenvalue weighted by molar-refractivity contribution is 0.0854. The highest BCUT2D eigenvalue weighted by Crippen LogP contribution is 2.45. The Morgan fingerprint density at radius 1 is 1.24 bits per heavy atom. The van der Waals surface area contributed by atoms with Crippen LogP contribution in [0.4, 0.5) is 14.5 Å². The Morgan fingerprint density at radius 3 is 2.48 bits per heavy atom. The minimum Gasteiger partial charge on any atom is -0.504 e. The molecule has 9 heteroatoms. The molecular formula is C12H9ClF2N2O3S. The van der Waals surface area contributed by atoms with Gasteiger partial charge in [-0.05, 0) is 24.3 Å². The minimum atomic E-state index is -5.33. The van der Waals surface area contributed by atoms with Gasteiger partial charge in [0.15, 0.2) is 5.75 Å². The van der Waals surface area contributed by atoms with Crippen molar-refractivity contribution >= 4 is 27.1 Å². The summed E-state index contributed by atoms with van der Waals surface area (Å²) in [5.74, 6) is -1.02. The van der Waals surface area contributed by atoms with Gasteiger partial charge in [-0.25, -0.2) is 8.42 Å². The molecule has 0 spiro atoms. The first-order valence-electron chi connectivity index (χ1n) is 5.50. The van der Waals surface area contributed by atoms with E-state index in [-0.39, 0.29) is 5.69 Å². The second-order valence-electron chi connectivity index (χ2n) is 4.05. The van der Waals surface area contributed by atoms with Gasteiger partial charge < -0.3 is 10.8 Å². The van der Waals surface area contributed by atoms with E-state index in [1.165, 1.54) is 12.1 Å². The van der Waals surface area contributed by atoms with Gasteiger partial charge in [0.1, 0.15) is 10.6 Å². The number of nitrogens with zero attached hydrogens (tertiary/aromatic N) is 1. The Labute approximate surface area is 123 Å². The summed E-state index contributed by atoms with van der Waals surface area (Å²) >= 11 is 5.63. The molecule has 1 aromatic heterocycles. The molecular weight excluding hydrogens is 326 g/mol. The summed E-state index contributed by atoms with van der Waals surface area (Å²) in [6, 6.07) is 5.55. The van der Waals surface area contributed by atoms with Crippen LogP contribution in [-0.4, -0.2) is 18.5 Å². The highest BCUT2D eigenvalue weighted by Gasteiger charge is 2.51. The number of nitrogens with two attached hydrogens (primary N) is 1. The molecule has 0 saturated carbocycles. The zero-order valence-electron chi connectivity index (χ0n) is 10.3. The van der Waals surface area contributed by atoms with Crippen LogP contribution in [0.1, 0.15) is 5.69 Å². The van der Waals surface area contributed by atoms with Crippen molar-refractivity contribution < 1.29 is 22.3 Å². The van der Waals surface area contributed by atoms with E-state index in [1.54, 1.807) is 0 Å². The third-order valence-electron chi connectivity index (χ3n) is 2.68. The third-order valence-corrected chi connectivity index (χ3v) is 4.95. The Hall–Kier alpha value is -1.93. The molecule has 112 valence electrons. The monoisotopic (exact) mass is 334 g/mol. The van der Waals surface area contributed by atoms with Crippen molar-refractivity contribution in [1.82, 2.24) is 4.98 Å². The minimum absolute atomic E-state index is 0.380. The topological polar surface area (TPSA) is 93.3 Å². The third kappa shape index (κ3) is 2.40. The molecule has 21 heavy (non-hydrogen) atoms. The maximum absolute atomic E-state index is 14.3.